The van der Waals surface area contributed by atoms with E-state index in [0.717, 1.165) is 50.0 Å². The van der Waals surface area contributed by atoms with E-state index in [1.807, 2.05) is 0 Å². The first-order valence-corrected chi connectivity index (χ1v) is 22.0. The van der Waals surface area contributed by atoms with E-state index in [0.29, 0.717) is 0 Å². The Balaban J connectivity index is 0.833. The van der Waals surface area contributed by atoms with E-state index in [1.165, 1.54) is 87.3 Å². The van der Waals surface area contributed by atoms with Crippen LogP contribution in [-0.2, 0) is 0 Å². The summed E-state index contributed by atoms with van der Waals surface area (Å²) in [6, 6.07) is 77.6. The van der Waals surface area contributed by atoms with Crippen LogP contribution < -0.4 is 0 Å². The maximum absolute atomic E-state index is 6.71. The van der Waals surface area contributed by atoms with E-state index in [1.54, 1.807) is 0 Å². The molecule has 0 aliphatic rings. The highest BCUT2D eigenvalue weighted by Gasteiger charge is 2.20. The van der Waals surface area contributed by atoms with Gasteiger partial charge in [-0.1, -0.05) is 121 Å². The normalized spacial score (nSPS) is 12.4. The molecular formula is C60H35N3O. The van der Waals surface area contributed by atoms with E-state index in [-0.39, 0.29) is 0 Å². The molecule has 15 rings (SSSR count). The Morgan fingerprint density at radius 1 is 0.250 bits per heavy atom. The molecule has 0 fully saturated rings. The van der Waals surface area contributed by atoms with Crippen molar-refractivity contribution in [2.75, 3.05) is 0 Å². The average molecular weight is 814 g/mol. The molecule has 0 saturated heterocycles. The standard InChI is InChI=1S/C60H35N3O/c1-2-11-40(12-3-1)61-52-18-7-5-14-43(52)50-31-36(23-29-55(50)61)38-21-26-46-47-27-22-39(34-59(47)64-58(46)33-38)37-24-30-56-51(32-37)44-15-6-8-19-53(44)62(56)41-25-28-45-49-17-10-16-48-42-13-4-9-20-54(42)63(60(48)49)57(45)35-41/h1-35H. The van der Waals surface area contributed by atoms with Gasteiger partial charge in [0.25, 0.3) is 0 Å². The van der Waals surface area contributed by atoms with Crippen molar-refractivity contribution in [3.63, 3.8) is 0 Å². The molecule has 0 atom stereocenters. The van der Waals surface area contributed by atoms with Crippen LogP contribution in [0.3, 0.4) is 0 Å². The fraction of sp³-hybridized carbons (Fsp3) is 0. The lowest BCUT2D eigenvalue weighted by atomic mass is 10.00. The molecule has 64 heavy (non-hydrogen) atoms. The second-order valence-corrected chi connectivity index (χ2v) is 17.3. The lowest BCUT2D eigenvalue weighted by Crippen LogP contribution is -1.94. The quantitative estimate of drug-likeness (QED) is 0.174. The van der Waals surface area contributed by atoms with Crippen molar-refractivity contribution in [3.05, 3.63) is 212 Å². The highest BCUT2D eigenvalue weighted by Crippen LogP contribution is 2.43. The lowest BCUT2D eigenvalue weighted by molar-refractivity contribution is 0.669. The van der Waals surface area contributed by atoms with E-state index in [9.17, 15) is 0 Å². The van der Waals surface area contributed by atoms with Crippen molar-refractivity contribution in [1.29, 1.82) is 0 Å². The van der Waals surface area contributed by atoms with Crippen molar-refractivity contribution in [2.24, 2.45) is 0 Å². The zero-order valence-corrected chi connectivity index (χ0v) is 34.5. The van der Waals surface area contributed by atoms with Gasteiger partial charge in [0.15, 0.2) is 0 Å². The summed E-state index contributed by atoms with van der Waals surface area (Å²) in [5.41, 5.74) is 17.2. The van der Waals surface area contributed by atoms with Gasteiger partial charge in [0, 0.05) is 65.2 Å². The Bertz CT molecular complexity index is 4420. The number of hydrogen-bond acceptors (Lipinski definition) is 1. The summed E-state index contributed by atoms with van der Waals surface area (Å²) in [6.45, 7) is 0. The molecule has 0 bridgehead atoms. The third kappa shape index (κ3) is 4.56. The fourth-order valence-corrected chi connectivity index (χ4v) is 11.1. The zero-order chi connectivity index (χ0) is 41.6. The molecule has 5 heterocycles. The van der Waals surface area contributed by atoms with Gasteiger partial charge in [-0.2, -0.15) is 0 Å². The molecule has 0 aliphatic carbocycles. The van der Waals surface area contributed by atoms with Gasteiger partial charge in [0.05, 0.1) is 38.6 Å². The van der Waals surface area contributed by atoms with Crippen LogP contribution >= 0.6 is 0 Å². The monoisotopic (exact) mass is 813 g/mol. The van der Waals surface area contributed by atoms with Gasteiger partial charge in [-0.15, -0.1) is 0 Å². The first kappa shape index (κ1) is 34.0. The number of fused-ring (bicyclic) bond motifs is 15. The summed E-state index contributed by atoms with van der Waals surface area (Å²) in [5.74, 6) is 0. The van der Waals surface area contributed by atoms with Gasteiger partial charge < -0.3 is 18.0 Å². The molecule has 0 radical (unpaired) electrons. The topological polar surface area (TPSA) is 27.4 Å². The summed E-state index contributed by atoms with van der Waals surface area (Å²) < 4.78 is 14.0. The SMILES string of the molecule is c1ccc(-n2c3ccccc3c3cc(-c4ccc5c(c4)oc4cc(-c6ccc7c(c6)c6ccccc6n7-c6ccc7c8cccc9c%10ccccc%10n(c7c6)c98)ccc45)ccc32)cc1. The van der Waals surface area contributed by atoms with Crippen LogP contribution in [0, 0.1) is 0 Å². The molecule has 0 aliphatic heterocycles. The predicted molar refractivity (Wildman–Crippen MR) is 268 cm³/mol. The second kappa shape index (κ2) is 12.5. The highest BCUT2D eigenvalue weighted by atomic mass is 16.3. The first-order chi connectivity index (χ1) is 31.7. The van der Waals surface area contributed by atoms with E-state index in [2.05, 4.69) is 226 Å². The number of hydrogen-bond donors (Lipinski definition) is 0. The predicted octanol–water partition coefficient (Wildman–Crippen LogP) is 16.3. The summed E-state index contributed by atoms with van der Waals surface area (Å²) >= 11 is 0. The lowest BCUT2D eigenvalue weighted by Gasteiger charge is -2.09. The molecule has 5 aromatic heterocycles. The van der Waals surface area contributed by atoms with Crippen molar-refractivity contribution in [1.82, 2.24) is 13.5 Å². The Morgan fingerprint density at radius 2 is 0.688 bits per heavy atom. The number of para-hydroxylation sites is 5. The van der Waals surface area contributed by atoms with Crippen molar-refractivity contribution in [2.45, 2.75) is 0 Å². The van der Waals surface area contributed by atoms with Gasteiger partial charge in [-0.3, -0.25) is 0 Å². The maximum Gasteiger partial charge on any atom is 0.136 e. The minimum Gasteiger partial charge on any atom is -0.456 e. The minimum absolute atomic E-state index is 0.888. The number of benzene rings is 10. The van der Waals surface area contributed by atoms with Crippen LogP contribution in [0.4, 0.5) is 0 Å². The Kier molecular flexibility index (Phi) is 6.65. The fourth-order valence-electron chi connectivity index (χ4n) is 11.1. The molecule has 0 saturated carbocycles. The molecule has 0 N–H and O–H groups in total. The zero-order valence-electron chi connectivity index (χ0n) is 34.5. The summed E-state index contributed by atoms with van der Waals surface area (Å²) in [7, 11) is 0. The number of rotatable bonds is 4. The highest BCUT2D eigenvalue weighted by molar-refractivity contribution is 6.23. The number of furan rings is 1. The van der Waals surface area contributed by atoms with Gasteiger partial charge in [0.2, 0.25) is 0 Å². The van der Waals surface area contributed by atoms with Gasteiger partial charge in [-0.05, 0) is 113 Å². The Hall–Kier alpha value is -8.60. The Morgan fingerprint density at radius 3 is 1.30 bits per heavy atom. The summed E-state index contributed by atoms with van der Waals surface area (Å²) in [4.78, 5) is 0. The van der Waals surface area contributed by atoms with Crippen LogP contribution in [0.15, 0.2) is 217 Å². The molecule has 4 nitrogen and oxygen atoms in total. The molecule has 296 valence electrons. The van der Waals surface area contributed by atoms with E-state index < -0.39 is 0 Å². The molecular weight excluding hydrogens is 779 g/mol. The molecule has 10 aromatic carbocycles. The number of aromatic nitrogens is 3. The van der Waals surface area contributed by atoms with Crippen molar-refractivity contribution < 1.29 is 4.42 Å². The summed E-state index contributed by atoms with van der Waals surface area (Å²) in [6.07, 6.45) is 0. The van der Waals surface area contributed by atoms with E-state index >= 15 is 0 Å². The van der Waals surface area contributed by atoms with E-state index in [4.69, 9.17) is 4.42 Å². The largest absolute Gasteiger partial charge is 0.456 e. The van der Waals surface area contributed by atoms with Gasteiger partial charge in [-0.25, -0.2) is 0 Å². The number of nitrogens with zero attached hydrogens (tertiary/aromatic N) is 3. The minimum atomic E-state index is 0.888. The van der Waals surface area contributed by atoms with Crippen LogP contribution in [0.25, 0.3) is 137 Å². The first-order valence-electron chi connectivity index (χ1n) is 22.0. The van der Waals surface area contributed by atoms with Crippen LogP contribution in [0.1, 0.15) is 0 Å². The molecule has 0 amide bonds. The average Bonchev–Trinajstić information content (AvgIpc) is 4.15. The van der Waals surface area contributed by atoms with Crippen LogP contribution in [0.2, 0.25) is 0 Å². The maximum atomic E-state index is 6.71. The van der Waals surface area contributed by atoms with Crippen LogP contribution in [0.5, 0.6) is 0 Å². The molecule has 0 unspecified atom stereocenters. The second-order valence-electron chi connectivity index (χ2n) is 17.3. The van der Waals surface area contributed by atoms with Crippen molar-refractivity contribution in [3.8, 4) is 33.6 Å². The molecule has 4 heteroatoms. The van der Waals surface area contributed by atoms with Crippen LogP contribution in [-0.4, -0.2) is 13.5 Å². The third-order valence-corrected chi connectivity index (χ3v) is 14.0. The van der Waals surface area contributed by atoms with Gasteiger partial charge >= 0.3 is 0 Å². The molecule has 15 aromatic rings. The van der Waals surface area contributed by atoms with Crippen molar-refractivity contribution >= 4 is 104 Å². The molecule has 0 spiro atoms. The smallest absolute Gasteiger partial charge is 0.136 e. The van der Waals surface area contributed by atoms with Gasteiger partial charge in [0.1, 0.15) is 11.2 Å². The summed E-state index contributed by atoms with van der Waals surface area (Å²) in [5, 5.41) is 12.4. The third-order valence-electron chi connectivity index (χ3n) is 14.0. The Labute approximate surface area is 366 Å².